The molecule has 0 saturated heterocycles. The predicted molar refractivity (Wildman–Crippen MR) is 116 cm³/mol. The zero-order valence-electron chi connectivity index (χ0n) is 18.0. The molecule has 0 spiro atoms. The van der Waals surface area contributed by atoms with Gasteiger partial charge in [-0.15, -0.1) is 0 Å². The van der Waals surface area contributed by atoms with Crippen LogP contribution < -0.4 is 10.9 Å². The Morgan fingerprint density at radius 2 is 1.90 bits per heavy atom. The number of fused-ring (bicyclic) bond motifs is 1. The highest BCUT2D eigenvalue weighted by Gasteiger charge is 2.33. The molecule has 0 unspecified atom stereocenters. The van der Waals surface area contributed by atoms with Gasteiger partial charge in [0.1, 0.15) is 5.56 Å². The van der Waals surface area contributed by atoms with E-state index in [-0.39, 0.29) is 34.9 Å². The second-order valence-corrected chi connectivity index (χ2v) is 8.39. The average Bonchev–Trinajstić information content (AvgIpc) is 3.57. The van der Waals surface area contributed by atoms with Crippen LogP contribution in [0.2, 0.25) is 0 Å². The molecule has 1 saturated carbocycles. The summed E-state index contributed by atoms with van der Waals surface area (Å²) in [7, 11) is 3.28. The van der Waals surface area contributed by atoms with E-state index in [0.29, 0.717) is 30.8 Å². The summed E-state index contributed by atoms with van der Waals surface area (Å²) < 4.78 is 1.67. The van der Waals surface area contributed by atoms with Crippen LogP contribution in [-0.2, 0) is 17.8 Å². The maximum absolute atomic E-state index is 13.1. The molecule has 1 aromatic carbocycles. The molecule has 1 fully saturated rings. The van der Waals surface area contributed by atoms with Crippen molar-refractivity contribution < 1.29 is 14.4 Å². The normalized spacial score (nSPS) is 15.3. The predicted octanol–water partition coefficient (Wildman–Crippen LogP) is 2.04. The van der Waals surface area contributed by atoms with Gasteiger partial charge in [0, 0.05) is 57.6 Å². The Morgan fingerprint density at radius 3 is 2.55 bits per heavy atom. The second-order valence-electron chi connectivity index (χ2n) is 8.39. The van der Waals surface area contributed by atoms with Gasteiger partial charge in [-0.1, -0.05) is 6.07 Å². The minimum Gasteiger partial charge on any atom is -0.345 e. The number of aromatic nitrogens is 1. The number of rotatable bonds is 4. The van der Waals surface area contributed by atoms with E-state index in [0.717, 1.165) is 24.0 Å². The summed E-state index contributed by atoms with van der Waals surface area (Å²) in [6.45, 7) is 2.16. The first kappa shape index (κ1) is 20.8. The highest BCUT2D eigenvalue weighted by Crippen LogP contribution is 2.35. The molecule has 1 aliphatic carbocycles. The zero-order valence-corrected chi connectivity index (χ0v) is 18.0. The third-order valence-corrected chi connectivity index (χ3v) is 5.70. The number of hydrogen-bond acceptors (Lipinski definition) is 4. The Hall–Kier alpha value is -3.42. The third kappa shape index (κ3) is 4.10. The summed E-state index contributed by atoms with van der Waals surface area (Å²) in [5, 5.41) is 2.69. The fraction of sp³-hybridized carbons (Fsp3) is 0.391. The van der Waals surface area contributed by atoms with Crippen molar-refractivity contribution in [1.82, 2.24) is 14.4 Å². The van der Waals surface area contributed by atoms with Crippen LogP contribution in [0.5, 0.6) is 0 Å². The van der Waals surface area contributed by atoms with E-state index in [1.807, 2.05) is 6.20 Å². The summed E-state index contributed by atoms with van der Waals surface area (Å²) in [5.41, 5.74) is 2.63. The van der Waals surface area contributed by atoms with Crippen molar-refractivity contribution >= 4 is 23.4 Å². The molecule has 8 heteroatoms. The van der Waals surface area contributed by atoms with E-state index in [4.69, 9.17) is 0 Å². The van der Waals surface area contributed by atoms with Gasteiger partial charge in [-0.3, -0.25) is 19.2 Å². The Kier molecular flexibility index (Phi) is 5.39. The van der Waals surface area contributed by atoms with E-state index in [1.165, 1.54) is 11.8 Å². The number of carbonyl (C=O) groups is 3. The maximum Gasteiger partial charge on any atom is 0.263 e. The minimum atomic E-state index is -0.293. The first-order chi connectivity index (χ1) is 14.8. The van der Waals surface area contributed by atoms with Gasteiger partial charge in [-0.25, -0.2) is 0 Å². The quantitative estimate of drug-likeness (QED) is 0.816. The number of anilines is 1. The molecule has 1 aromatic heterocycles. The van der Waals surface area contributed by atoms with Crippen molar-refractivity contribution in [1.29, 1.82) is 0 Å². The Bertz CT molecular complexity index is 1130. The summed E-state index contributed by atoms with van der Waals surface area (Å²) in [6, 6.07) is 6.97. The molecule has 1 N–H and O–H groups in total. The maximum atomic E-state index is 13.1. The van der Waals surface area contributed by atoms with Crippen LogP contribution in [0.4, 0.5) is 5.69 Å². The van der Waals surface area contributed by atoms with Crippen molar-refractivity contribution in [3.63, 3.8) is 0 Å². The number of pyridine rings is 1. The largest absolute Gasteiger partial charge is 0.345 e. The van der Waals surface area contributed by atoms with E-state index in [1.54, 1.807) is 47.8 Å². The van der Waals surface area contributed by atoms with Crippen molar-refractivity contribution in [3.05, 3.63) is 63.1 Å². The van der Waals surface area contributed by atoms with Crippen molar-refractivity contribution in [2.45, 2.75) is 38.8 Å². The number of nitrogens with one attached hydrogen (secondary N) is 1. The molecule has 8 nitrogen and oxygen atoms in total. The molecule has 2 aliphatic rings. The molecule has 0 atom stereocenters. The highest BCUT2D eigenvalue weighted by molar-refractivity contribution is 5.98. The monoisotopic (exact) mass is 422 g/mol. The van der Waals surface area contributed by atoms with Gasteiger partial charge in [0.15, 0.2) is 0 Å². The van der Waals surface area contributed by atoms with E-state index in [9.17, 15) is 19.2 Å². The fourth-order valence-corrected chi connectivity index (χ4v) is 4.03. The van der Waals surface area contributed by atoms with Gasteiger partial charge in [0.2, 0.25) is 5.91 Å². The van der Waals surface area contributed by atoms with E-state index >= 15 is 0 Å². The standard InChI is InChI=1S/C23H26N4O4/c1-14(28)24-17-6-4-5-15(11-17)21(29)26-10-9-19-16(12-26)13-27(18-7-8-18)23(31)20(19)22(30)25(2)3/h4-6,11,13,18H,7-10,12H2,1-3H3,(H,24,28). The van der Waals surface area contributed by atoms with Crippen LogP contribution in [0.25, 0.3) is 0 Å². The number of amides is 3. The lowest BCUT2D eigenvalue weighted by Gasteiger charge is -2.31. The molecule has 3 amide bonds. The van der Waals surface area contributed by atoms with Gasteiger partial charge >= 0.3 is 0 Å². The van der Waals surface area contributed by atoms with Crippen molar-refractivity contribution in [2.75, 3.05) is 26.0 Å². The number of benzene rings is 1. The topological polar surface area (TPSA) is 91.7 Å². The molecule has 2 heterocycles. The van der Waals surface area contributed by atoms with Gasteiger partial charge in [0.25, 0.3) is 17.4 Å². The molecule has 2 aromatic rings. The summed E-state index contributed by atoms with van der Waals surface area (Å²) >= 11 is 0. The zero-order chi connectivity index (χ0) is 22.3. The lowest BCUT2D eigenvalue weighted by atomic mass is 9.95. The van der Waals surface area contributed by atoms with Crippen LogP contribution >= 0.6 is 0 Å². The SMILES string of the molecule is CC(=O)Nc1cccc(C(=O)N2CCc3c(cn(C4CC4)c(=O)c3C(=O)N(C)C)C2)c1. The first-order valence-corrected chi connectivity index (χ1v) is 10.4. The first-order valence-electron chi connectivity index (χ1n) is 10.4. The van der Waals surface area contributed by atoms with Crippen molar-refractivity contribution in [3.8, 4) is 0 Å². The van der Waals surface area contributed by atoms with E-state index in [2.05, 4.69) is 5.32 Å². The van der Waals surface area contributed by atoms with Crippen LogP contribution in [0.3, 0.4) is 0 Å². The van der Waals surface area contributed by atoms with Crippen molar-refractivity contribution in [2.24, 2.45) is 0 Å². The van der Waals surface area contributed by atoms with Crippen LogP contribution in [0, 0.1) is 0 Å². The molecule has 1 aliphatic heterocycles. The van der Waals surface area contributed by atoms with Crippen LogP contribution in [0.1, 0.15) is 57.7 Å². The van der Waals surface area contributed by atoms with Gasteiger partial charge < -0.3 is 19.7 Å². The van der Waals surface area contributed by atoms with Gasteiger partial charge in [-0.2, -0.15) is 0 Å². The van der Waals surface area contributed by atoms with Crippen LogP contribution in [0.15, 0.2) is 35.3 Å². The molecule has 162 valence electrons. The Morgan fingerprint density at radius 1 is 1.16 bits per heavy atom. The lowest BCUT2D eigenvalue weighted by Crippen LogP contribution is -2.41. The molecule has 4 rings (SSSR count). The summed E-state index contributed by atoms with van der Waals surface area (Å²) in [6.07, 6.45) is 4.12. The fourth-order valence-electron chi connectivity index (χ4n) is 4.03. The highest BCUT2D eigenvalue weighted by atomic mass is 16.2. The summed E-state index contributed by atoms with van der Waals surface area (Å²) in [4.78, 5) is 53.4. The summed E-state index contributed by atoms with van der Waals surface area (Å²) in [5.74, 6) is -0.644. The van der Waals surface area contributed by atoms with Crippen LogP contribution in [-0.4, -0.2) is 52.7 Å². The van der Waals surface area contributed by atoms with E-state index < -0.39 is 0 Å². The molecule has 0 radical (unpaired) electrons. The minimum absolute atomic E-state index is 0.131. The molecule has 31 heavy (non-hydrogen) atoms. The average molecular weight is 422 g/mol. The Labute approximate surface area is 180 Å². The number of hydrogen-bond donors (Lipinski definition) is 1. The van der Waals surface area contributed by atoms with Gasteiger partial charge in [0.05, 0.1) is 0 Å². The molecular weight excluding hydrogens is 396 g/mol. The molecular formula is C23H26N4O4. The molecule has 0 bridgehead atoms. The second kappa shape index (κ2) is 8.02. The smallest absolute Gasteiger partial charge is 0.263 e. The number of nitrogens with zero attached hydrogens (tertiary/aromatic N) is 3. The third-order valence-electron chi connectivity index (χ3n) is 5.70. The van der Waals surface area contributed by atoms with Gasteiger partial charge in [-0.05, 0) is 48.6 Å². The lowest BCUT2D eigenvalue weighted by molar-refractivity contribution is -0.114. The Balaban J connectivity index is 1.67. The number of carbonyl (C=O) groups excluding carboxylic acids is 3.